The molecular weight excluding hydrogens is 380 g/mol. The zero-order valence-electron chi connectivity index (χ0n) is 18.5. The Morgan fingerprint density at radius 1 is 1.00 bits per heavy atom. The standard InChI is InChI=1S/C24H40N2O2S/c1-3-5-6-7-8-9-10-11-12-14-21(27)26-24-22(23(25)28)19-16-15-18(13-4-2)17-20(19)29-24/h18H,3-17H2,1-2H3,(H2,25,28)(H,26,27). The van der Waals surface area contributed by atoms with Crippen molar-refractivity contribution in [3.05, 3.63) is 16.0 Å². The summed E-state index contributed by atoms with van der Waals surface area (Å²) >= 11 is 1.57. The Morgan fingerprint density at radius 3 is 2.28 bits per heavy atom. The van der Waals surface area contributed by atoms with Gasteiger partial charge in [-0.25, -0.2) is 0 Å². The first-order valence-corrected chi connectivity index (χ1v) is 12.6. The molecule has 1 aliphatic rings. The van der Waals surface area contributed by atoms with E-state index in [0.29, 0.717) is 22.9 Å². The molecule has 5 heteroatoms. The molecule has 2 amide bonds. The van der Waals surface area contributed by atoms with Gasteiger partial charge in [-0.1, -0.05) is 78.1 Å². The number of hydrogen-bond acceptors (Lipinski definition) is 3. The number of hydrogen-bond donors (Lipinski definition) is 2. The molecule has 0 fully saturated rings. The van der Waals surface area contributed by atoms with Crippen LogP contribution in [0, 0.1) is 5.92 Å². The molecule has 1 heterocycles. The van der Waals surface area contributed by atoms with Gasteiger partial charge in [0, 0.05) is 11.3 Å². The van der Waals surface area contributed by atoms with Crippen LogP contribution >= 0.6 is 11.3 Å². The first-order chi connectivity index (χ1) is 14.1. The lowest BCUT2D eigenvalue weighted by atomic mass is 9.84. The molecule has 3 N–H and O–H groups in total. The van der Waals surface area contributed by atoms with E-state index in [-0.39, 0.29) is 5.91 Å². The number of nitrogens with two attached hydrogens (primary N) is 1. The Morgan fingerprint density at radius 2 is 1.66 bits per heavy atom. The predicted molar refractivity (Wildman–Crippen MR) is 124 cm³/mol. The van der Waals surface area contributed by atoms with Crippen molar-refractivity contribution in [3.63, 3.8) is 0 Å². The minimum Gasteiger partial charge on any atom is -0.365 e. The maximum atomic E-state index is 12.4. The van der Waals surface area contributed by atoms with E-state index >= 15 is 0 Å². The number of unbranched alkanes of at least 4 members (excludes halogenated alkanes) is 8. The van der Waals surface area contributed by atoms with Crippen LogP contribution in [0.2, 0.25) is 0 Å². The maximum absolute atomic E-state index is 12.4. The van der Waals surface area contributed by atoms with E-state index < -0.39 is 5.91 Å². The largest absolute Gasteiger partial charge is 0.365 e. The molecule has 0 saturated heterocycles. The summed E-state index contributed by atoms with van der Waals surface area (Å²) in [5.41, 5.74) is 7.33. The summed E-state index contributed by atoms with van der Waals surface area (Å²) in [6, 6.07) is 0. The second-order valence-corrected chi connectivity index (χ2v) is 9.70. The summed E-state index contributed by atoms with van der Waals surface area (Å²) in [6.07, 6.45) is 17.1. The molecule has 0 radical (unpaired) electrons. The normalized spacial score (nSPS) is 15.9. The van der Waals surface area contributed by atoms with E-state index in [0.717, 1.165) is 37.7 Å². The van der Waals surface area contributed by atoms with Crippen LogP contribution in [0.3, 0.4) is 0 Å². The third-order valence-electron chi connectivity index (χ3n) is 6.07. The van der Waals surface area contributed by atoms with Crippen LogP contribution in [-0.2, 0) is 17.6 Å². The quantitative estimate of drug-likeness (QED) is 0.332. The highest BCUT2D eigenvalue weighted by Crippen LogP contribution is 2.40. The van der Waals surface area contributed by atoms with E-state index in [1.807, 2.05) is 0 Å². The van der Waals surface area contributed by atoms with Crippen molar-refractivity contribution in [3.8, 4) is 0 Å². The van der Waals surface area contributed by atoms with Crippen LogP contribution in [-0.4, -0.2) is 11.8 Å². The van der Waals surface area contributed by atoms with Crippen LogP contribution in [0.4, 0.5) is 5.00 Å². The monoisotopic (exact) mass is 420 g/mol. The smallest absolute Gasteiger partial charge is 0.251 e. The van der Waals surface area contributed by atoms with Crippen molar-refractivity contribution in [2.75, 3.05) is 5.32 Å². The Kier molecular flexibility index (Phi) is 10.8. The molecule has 2 rings (SSSR count). The van der Waals surface area contributed by atoms with E-state index in [1.165, 1.54) is 62.7 Å². The number of amides is 2. The van der Waals surface area contributed by atoms with Gasteiger partial charge in [0.1, 0.15) is 5.00 Å². The lowest BCUT2D eigenvalue weighted by Gasteiger charge is -2.21. The molecule has 0 aliphatic heterocycles. The summed E-state index contributed by atoms with van der Waals surface area (Å²) in [5, 5.41) is 3.68. The molecule has 0 saturated carbocycles. The molecular formula is C24H40N2O2S. The number of nitrogens with one attached hydrogen (secondary N) is 1. The van der Waals surface area contributed by atoms with Gasteiger partial charge in [-0.2, -0.15) is 0 Å². The van der Waals surface area contributed by atoms with Crippen LogP contribution < -0.4 is 11.1 Å². The third kappa shape index (κ3) is 7.76. The highest BCUT2D eigenvalue weighted by Gasteiger charge is 2.28. The zero-order chi connectivity index (χ0) is 21.1. The molecule has 1 aromatic rings. The van der Waals surface area contributed by atoms with E-state index in [4.69, 9.17) is 5.73 Å². The molecule has 4 nitrogen and oxygen atoms in total. The Hall–Kier alpha value is -1.36. The molecule has 1 aromatic heterocycles. The average Bonchev–Trinajstić information content (AvgIpc) is 3.04. The third-order valence-corrected chi connectivity index (χ3v) is 7.24. The van der Waals surface area contributed by atoms with Gasteiger partial charge in [0.05, 0.1) is 5.56 Å². The SMILES string of the molecule is CCCCCCCCCCCC(=O)Nc1sc2c(c1C(N)=O)CCC(CCC)C2. The van der Waals surface area contributed by atoms with Gasteiger partial charge in [0.2, 0.25) is 5.91 Å². The van der Waals surface area contributed by atoms with Crippen molar-refractivity contribution in [1.29, 1.82) is 0 Å². The van der Waals surface area contributed by atoms with Crippen molar-refractivity contribution in [2.24, 2.45) is 11.7 Å². The number of thiophene rings is 1. The van der Waals surface area contributed by atoms with Crippen molar-refractivity contribution < 1.29 is 9.59 Å². The number of carbonyl (C=O) groups is 2. The summed E-state index contributed by atoms with van der Waals surface area (Å²) in [4.78, 5) is 25.7. The van der Waals surface area contributed by atoms with Crippen molar-refractivity contribution in [2.45, 2.75) is 110 Å². The van der Waals surface area contributed by atoms with Gasteiger partial charge in [-0.05, 0) is 37.2 Å². The van der Waals surface area contributed by atoms with Crippen LogP contribution in [0.1, 0.15) is 118 Å². The maximum Gasteiger partial charge on any atom is 0.251 e. The first kappa shape index (κ1) is 23.9. The molecule has 164 valence electrons. The number of primary amides is 1. The van der Waals surface area contributed by atoms with E-state index in [2.05, 4.69) is 19.2 Å². The van der Waals surface area contributed by atoms with Crippen LogP contribution in [0.5, 0.6) is 0 Å². The van der Waals surface area contributed by atoms with Crippen molar-refractivity contribution in [1.82, 2.24) is 0 Å². The summed E-state index contributed by atoms with van der Waals surface area (Å²) in [7, 11) is 0. The minimum atomic E-state index is -0.408. The molecule has 0 aromatic carbocycles. The van der Waals surface area contributed by atoms with Crippen LogP contribution in [0.15, 0.2) is 0 Å². The van der Waals surface area contributed by atoms with E-state index in [1.54, 1.807) is 11.3 Å². The fourth-order valence-electron chi connectivity index (χ4n) is 4.44. The average molecular weight is 421 g/mol. The van der Waals surface area contributed by atoms with E-state index in [9.17, 15) is 9.59 Å². The zero-order valence-corrected chi connectivity index (χ0v) is 19.3. The van der Waals surface area contributed by atoms with Gasteiger partial charge in [-0.3, -0.25) is 9.59 Å². The lowest BCUT2D eigenvalue weighted by molar-refractivity contribution is -0.116. The lowest BCUT2D eigenvalue weighted by Crippen LogP contribution is -2.19. The number of carbonyl (C=O) groups excluding carboxylic acids is 2. The van der Waals surface area contributed by atoms with Gasteiger partial charge < -0.3 is 11.1 Å². The van der Waals surface area contributed by atoms with Gasteiger partial charge >= 0.3 is 0 Å². The Bertz CT molecular complexity index is 654. The Labute approximate surface area is 181 Å². The highest BCUT2D eigenvalue weighted by molar-refractivity contribution is 7.17. The summed E-state index contributed by atoms with van der Waals surface area (Å²) in [6.45, 7) is 4.46. The number of rotatable bonds is 14. The van der Waals surface area contributed by atoms with Crippen molar-refractivity contribution >= 4 is 28.2 Å². The summed E-state index contributed by atoms with van der Waals surface area (Å²) < 4.78 is 0. The molecule has 1 atom stereocenters. The molecule has 1 aliphatic carbocycles. The van der Waals surface area contributed by atoms with Crippen LogP contribution in [0.25, 0.3) is 0 Å². The number of fused-ring (bicyclic) bond motifs is 1. The second-order valence-electron chi connectivity index (χ2n) is 8.60. The second kappa shape index (κ2) is 13.0. The summed E-state index contributed by atoms with van der Waals surface area (Å²) in [5.74, 6) is 0.298. The molecule has 29 heavy (non-hydrogen) atoms. The number of anilines is 1. The first-order valence-electron chi connectivity index (χ1n) is 11.8. The minimum absolute atomic E-state index is 0.0131. The Balaban J connectivity index is 1.77. The van der Waals surface area contributed by atoms with Gasteiger partial charge in [0.25, 0.3) is 5.91 Å². The topological polar surface area (TPSA) is 72.2 Å². The fraction of sp³-hybridized carbons (Fsp3) is 0.750. The van der Waals surface area contributed by atoms with Gasteiger partial charge in [0.15, 0.2) is 0 Å². The highest BCUT2D eigenvalue weighted by atomic mass is 32.1. The fourth-order valence-corrected chi connectivity index (χ4v) is 5.83. The molecule has 1 unspecified atom stereocenters. The van der Waals surface area contributed by atoms with Gasteiger partial charge in [-0.15, -0.1) is 11.3 Å². The molecule has 0 bridgehead atoms. The predicted octanol–water partition coefficient (Wildman–Crippen LogP) is 6.61. The molecule has 0 spiro atoms.